The van der Waals surface area contributed by atoms with Gasteiger partial charge in [-0.05, 0) is 49.1 Å². The molecule has 0 unspecified atom stereocenters. The number of nitrogens with zero attached hydrogens (tertiary/aromatic N) is 1. The van der Waals surface area contributed by atoms with E-state index >= 15 is 0 Å². The fourth-order valence-corrected chi connectivity index (χ4v) is 3.63. The van der Waals surface area contributed by atoms with E-state index in [0.29, 0.717) is 5.70 Å². The number of halogens is 1. The molecule has 1 aromatic heterocycles. The first kappa shape index (κ1) is 17.1. The van der Waals surface area contributed by atoms with Gasteiger partial charge in [0.1, 0.15) is 5.82 Å². The molecule has 2 aromatic rings. The van der Waals surface area contributed by atoms with Crippen LogP contribution >= 0.6 is 11.3 Å². The Kier molecular flexibility index (Phi) is 4.55. The van der Waals surface area contributed by atoms with Gasteiger partial charge < -0.3 is 4.74 Å². The molecule has 3 rings (SSSR count). The molecular weight excluding hydrogens is 341 g/mol. The lowest BCUT2D eigenvalue weighted by atomic mass is 10.1. The number of carbonyl (C=O) groups is 2. The number of thiophene rings is 1. The molecule has 0 fully saturated rings. The van der Waals surface area contributed by atoms with Gasteiger partial charge in [0.2, 0.25) is 0 Å². The van der Waals surface area contributed by atoms with Gasteiger partial charge in [-0.15, -0.1) is 11.3 Å². The summed E-state index contributed by atoms with van der Waals surface area (Å²) in [7, 11) is 1.26. The Morgan fingerprint density at radius 3 is 2.56 bits per heavy atom. The Morgan fingerprint density at radius 1 is 1.24 bits per heavy atom. The van der Waals surface area contributed by atoms with Gasteiger partial charge in [0.05, 0.1) is 23.9 Å². The molecule has 128 valence electrons. The van der Waals surface area contributed by atoms with Gasteiger partial charge in [-0.3, -0.25) is 9.69 Å². The lowest BCUT2D eigenvalue weighted by Crippen LogP contribution is -2.25. The van der Waals surface area contributed by atoms with Crippen LogP contribution in [0.1, 0.15) is 17.4 Å². The van der Waals surface area contributed by atoms with E-state index in [1.54, 1.807) is 25.1 Å². The number of aryl methyl sites for hydroxylation is 1. The minimum absolute atomic E-state index is 0.109. The standard InChI is InChI=1S/C19H16FNO3S/c1-11-8-9-25-16(11)10-13-17(19(23)24-3)12(2)21(18(13)22)15-7-5-4-6-14(15)20/h4-10H,1-3H3. The summed E-state index contributed by atoms with van der Waals surface area (Å²) < 4.78 is 19.1. The van der Waals surface area contributed by atoms with Crippen LogP contribution in [0.2, 0.25) is 0 Å². The molecule has 6 heteroatoms. The van der Waals surface area contributed by atoms with Crippen LogP contribution in [0.15, 0.2) is 52.6 Å². The van der Waals surface area contributed by atoms with Crippen LogP contribution in [0.25, 0.3) is 6.08 Å². The maximum absolute atomic E-state index is 14.2. The zero-order valence-electron chi connectivity index (χ0n) is 14.0. The summed E-state index contributed by atoms with van der Waals surface area (Å²) in [6.07, 6.45) is 1.67. The molecule has 1 aliphatic rings. The minimum Gasteiger partial charge on any atom is -0.465 e. The molecular formula is C19H16FNO3S. The van der Waals surface area contributed by atoms with Crippen LogP contribution in [-0.4, -0.2) is 19.0 Å². The number of allylic oxidation sites excluding steroid dienone is 1. The summed E-state index contributed by atoms with van der Waals surface area (Å²) in [4.78, 5) is 27.3. The molecule has 0 saturated carbocycles. The molecule has 0 radical (unpaired) electrons. The normalized spacial score (nSPS) is 16.1. The summed E-state index contributed by atoms with van der Waals surface area (Å²) >= 11 is 1.47. The van der Waals surface area contributed by atoms with Crippen LogP contribution < -0.4 is 4.90 Å². The zero-order chi connectivity index (χ0) is 18.1. The minimum atomic E-state index is -0.620. The van der Waals surface area contributed by atoms with Crippen molar-refractivity contribution in [1.82, 2.24) is 0 Å². The number of anilines is 1. The number of benzene rings is 1. The van der Waals surface area contributed by atoms with Gasteiger partial charge in [0.25, 0.3) is 5.91 Å². The summed E-state index contributed by atoms with van der Waals surface area (Å²) in [6, 6.07) is 7.90. The summed E-state index contributed by atoms with van der Waals surface area (Å²) in [5.74, 6) is -1.60. The first-order chi connectivity index (χ1) is 12.0. The second-order valence-electron chi connectivity index (χ2n) is 5.57. The van der Waals surface area contributed by atoms with Crippen LogP contribution in [0, 0.1) is 12.7 Å². The number of para-hydroxylation sites is 1. The van der Waals surface area contributed by atoms with Crippen molar-refractivity contribution in [2.45, 2.75) is 13.8 Å². The zero-order valence-corrected chi connectivity index (χ0v) is 14.8. The Morgan fingerprint density at radius 2 is 1.96 bits per heavy atom. The van der Waals surface area contributed by atoms with Crippen molar-refractivity contribution >= 4 is 35.0 Å². The van der Waals surface area contributed by atoms with Gasteiger partial charge in [0, 0.05) is 10.6 Å². The molecule has 0 atom stereocenters. The third-order valence-electron chi connectivity index (χ3n) is 4.06. The monoisotopic (exact) mass is 357 g/mol. The van der Waals surface area contributed by atoms with E-state index in [4.69, 9.17) is 4.74 Å². The first-order valence-electron chi connectivity index (χ1n) is 7.60. The van der Waals surface area contributed by atoms with E-state index in [2.05, 4.69) is 0 Å². The first-order valence-corrected chi connectivity index (χ1v) is 8.48. The molecule has 4 nitrogen and oxygen atoms in total. The van der Waals surface area contributed by atoms with E-state index in [1.165, 1.54) is 35.5 Å². The Balaban J connectivity index is 2.19. The Hall–Kier alpha value is -2.73. The fourth-order valence-electron chi connectivity index (χ4n) is 2.77. The Labute approximate surface area is 148 Å². The number of rotatable bonds is 3. The van der Waals surface area contributed by atoms with Gasteiger partial charge >= 0.3 is 5.97 Å². The summed E-state index contributed by atoms with van der Waals surface area (Å²) in [6.45, 7) is 3.53. The average molecular weight is 357 g/mol. The van der Waals surface area contributed by atoms with Crippen molar-refractivity contribution < 1.29 is 18.7 Å². The molecule has 0 bridgehead atoms. The predicted octanol–water partition coefficient (Wildman–Crippen LogP) is 4.07. The van der Waals surface area contributed by atoms with Crippen molar-refractivity contribution in [3.63, 3.8) is 0 Å². The number of hydrogen-bond donors (Lipinski definition) is 0. The maximum atomic E-state index is 14.2. The highest BCUT2D eigenvalue weighted by Gasteiger charge is 2.38. The molecule has 2 heterocycles. The molecule has 0 saturated heterocycles. The molecule has 1 aliphatic heterocycles. The Bertz CT molecular complexity index is 926. The van der Waals surface area contributed by atoms with E-state index in [0.717, 1.165) is 10.4 Å². The number of carbonyl (C=O) groups excluding carboxylic acids is 2. The topological polar surface area (TPSA) is 46.6 Å². The smallest absolute Gasteiger partial charge is 0.340 e. The lowest BCUT2D eigenvalue weighted by Gasteiger charge is -2.18. The number of hydrogen-bond acceptors (Lipinski definition) is 4. The molecule has 0 spiro atoms. The maximum Gasteiger partial charge on any atom is 0.340 e. The van der Waals surface area contributed by atoms with Crippen molar-refractivity contribution in [2.24, 2.45) is 0 Å². The SMILES string of the molecule is COC(=O)C1=C(C)N(c2ccccc2F)C(=O)C1=Cc1sccc1C. The predicted molar refractivity (Wildman–Crippen MR) is 95.6 cm³/mol. The molecule has 1 amide bonds. The quantitative estimate of drug-likeness (QED) is 0.614. The largest absolute Gasteiger partial charge is 0.465 e. The fraction of sp³-hybridized carbons (Fsp3) is 0.158. The highest BCUT2D eigenvalue weighted by Crippen LogP contribution is 2.37. The van der Waals surface area contributed by atoms with Gasteiger partial charge in [-0.2, -0.15) is 0 Å². The molecule has 25 heavy (non-hydrogen) atoms. The van der Waals surface area contributed by atoms with Crippen LogP contribution in [0.5, 0.6) is 0 Å². The van der Waals surface area contributed by atoms with E-state index < -0.39 is 17.7 Å². The third kappa shape index (κ3) is 2.89. The van der Waals surface area contributed by atoms with Gasteiger partial charge in [0.15, 0.2) is 0 Å². The number of esters is 1. The summed E-state index contributed by atoms with van der Waals surface area (Å²) in [5, 5.41) is 1.91. The van der Waals surface area contributed by atoms with E-state index in [1.807, 2.05) is 18.4 Å². The molecule has 1 aromatic carbocycles. The van der Waals surface area contributed by atoms with Gasteiger partial charge in [-0.25, -0.2) is 9.18 Å². The third-order valence-corrected chi connectivity index (χ3v) is 5.03. The average Bonchev–Trinajstić information content (AvgIpc) is 3.10. The van der Waals surface area contributed by atoms with Gasteiger partial charge in [-0.1, -0.05) is 12.1 Å². The lowest BCUT2D eigenvalue weighted by molar-refractivity contribution is -0.136. The van der Waals surface area contributed by atoms with Crippen molar-refractivity contribution in [3.8, 4) is 0 Å². The second kappa shape index (κ2) is 6.64. The highest BCUT2D eigenvalue weighted by atomic mass is 32.1. The van der Waals surface area contributed by atoms with Crippen LogP contribution in [0.4, 0.5) is 10.1 Å². The molecule has 0 aliphatic carbocycles. The van der Waals surface area contributed by atoms with Crippen LogP contribution in [-0.2, 0) is 14.3 Å². The molecule has 0 N–H and O–H groups in total. The van der Waals surface area contributed by atoms with Crippen LogP contribution in [0.3, 0.4) is 0 Å². The van der Waals surface area contributed by atoms with Crippen molar-refractivity contribution in [1.29, 1.82) is 0 Å². The summed E-state index contributed by atoms with van der Waals surface area (Å²) in [5.41, 5.74) is 1.82. The van der Waals surface area contributed by atoms with E-state index in [-0.39, 0.29) is 16.8 Å². The second-order valence-corrected chi connectivity index (χ2v) is 6.52. The van der Waals surface area contributed by atoms with Crippen molar-refractivity contribution in [3.05, 3.63) is 68.8 Å². The highest BCUT2D eigenvalue weighted by molar-refractivity contribution is 7.11. The number of amides is 1. The van der Waals surface area contributed by atoms with Crippen molar-refractivity contribution in [2.75, 3.05) is 12.0 Å². The number of methoxy groups -OCH3 is 1. The van der Waals surface area contributed by atoms with E-state index in [9.17, 15) is 14.0 Å². The number of ether oxygens (including phenoxy) is 1.